The lowest BCUT2D eigenvalue weighted by atomic mass is 9.99. The van der Waals surface area contributed by atoms with Crippen molar-refractivity contribution in [2.24, 2.45) is 5.84 Å². The van der Waals surface area contributed by atoms with E-state index in [1.807, 2.05) is 6.07 Å². The summed E-state index contributed by atoms with van der Waals surface area (Å²) in [5.41, 5.74) is 4.06. The third kappa shape index (κ3) is 3.43. The molecule has 0 aromatic heterocycles. The maximum atomic E-state index is 13.5. The van der Waals surface area contributed by atoms with E-state index in [0.717, 1.165) is 5.56 Å². The Morgan fingerprint density at radius 1 is 1.15 bits per heavy atom. The second kappa shape index (κ2) is 6.74. The molecule has 0 bridgehead atoms. The third-order valence-electron chi connectivity index (χ3n) is 3.00. The van der Waals surface area contributed by atoms with Gasteiger partial charge in [0.2, 0.25) is 0 Å². The van der Waals surface area contributed by atoms with Crippen LogP contribution in [0, 0.1) is 5.82 Å². The summed E-state index contributed by atoms with van der Waals surface area (Å²) < 4.78 is 13.5. The first-order chi connectivity index (χ1) is 9.52. The van der Waals surface area contributed by atoms with Crippen LogP contribution in [0.2, 0.25) is 15.1 Å². The number of hydrogen-bond donors (Lipinski definition) is 2. The Kier molecular flexibility index (Phi) is 5.24. The van der Waals surface area contributed by atoms with E-state index in [0.29, 0.717) is 22.0 Å². The summed E-state index contributed by atoms with van der Waals surface area (Å²) in [6, 6.07) is 9.46. The Bertz CT molecular complexity index is 619. The van der Waals surface area contributed by atoms with Crippen molar-refractivity contribution in [1.29, 1.82) is 0 Å². The molecule has 0 heterocycles. The molecule has 1 unspecified atom stereocenters. The maximum absolute atomic E-state index is 13.5. The predicted octanol–water partition coefficient (Wildman–Crippen LogP) is 4.53. The minimum atomic E-state index is -0.480. The number of hydrogen-bond acceptors (Lipinski definition) is 2. The molecule has 0 aliphatic carbocycles. The number of rotatable bonds is 4. The van der Waals surface area contributed by atoms with Gasteiger partial charge in [-0.1, -0.05) is 53.0 Å². The second-order valence-corrected chi connectivity index (χ2v) is 5.52. The number of hydrazine groups is 1. The van der Waals surface area contributed by atoms with Gasteiger partial charge in [0, 0.05) is 10.0 Å². The van der Waals surface area contributed by atoms with Crippen molar-refractivity contribution in [2.45, 2.75) is 12.5 Å². The fraction of sp³-hybridized carbons (Fsp3) is 0.143. The van der Waals surface area contributed by atoms with Gasteiger partial charge < -0.3 is 0 Å². The molecule has 2 aromatic rings. The molecule has 6 heteroatoms. The molecule has 2 rings (SSSR count). The van der Waals surface area contributed by atoms with Crippen LogP contribution in [0.5, 0.6) is 0 Å². The molecule has 2 aromatic carbocycles. The molecule has 0 fully saturated rings. The van der Waals surface area contributed by atoms with Gasteiger partial charge in [-0.05, 0) is 35.7 Å². The Morgan fingerprint density at radius 3 is 2.55 bits per heavy atom. The lowest BCUT2D eigenvalue weighted by Crippen LogP contribution is -2.30. The van der Waals surface area contributed by atoms with Crippen LogP contribution in [-0.4, -0.2) is 0 Å². The van der Waals surface area contributed by atoms with Gasteiger partial charge in [-0.15, -0.1) is 0 Å². The van der Waals surface area contributed by atoms with Crippen molar-refractivity contribution < 1.29 is 4.39 Å². The van der Waals surface area contributed by atoms with E-state index in [1.165, 1.54) is 6.07 Å². The van der Waals surface area contributed by atoms with Crippen LogP contribution in [0.15, 0.2) is 36.4 Å². The molecule has 3 N–H and O–H groups in total. The van der Waals surface area contributed by atoms with Crippen molar-refractivity contribution in [2.75, 3.05) is 0 Å². The summed E-state index contributed by atoms with van der Waals surface area (Å²) in [6.07, 6.45) is 0.468. The zero-order valence-corrected chi connectivity index (χ0v) is 12.6. The van der Waals surface area contributed by atoms with Crippen LogP contribution in [0.25, 0.3) is 0 Å². The number of halogens is 4. The lowest BCUT2D eigenvalue weighted by Gasteiger charge is -2.18. The normalized spacial score (nSPS) is 12.4. The minimum absolute atomic E-state index is 0.0561. The van der Waals surface area contributed by atoms with Crippen LogP contribution in [-0.2, 0) is 6.42 Å². The Morgan fingerprint density at radius 2 is 1.90 bits per heavy atom. The zero-order chi connectivity index (χ0) is 14.7. The molecule has 0 aliphatic heterocycles. The third-order valence-corrected chi connectivity index (χ3v) is 3.98. The molecule has 0 saturated heterocycles. The zero-order valence-electron chi connectivity index (χ0n) is 10.3. The first-order valence-corrected chi connectivity index (χ1v) is 7.00. The molecule has 0 saturated carbocycles. The van der Waals surface area contributed by atoms with Gasteiger partial charge in [-0.3, -0.25) is 11.3 Å². The Labute approximate surface area is 131 Å². The number of nitrogens with two attached hydrogens (primary N) is 1. The van der Waals surface area contributed by atoms with Crippen LogP contribution in [0.4, 0.5) is 4.39 Å². The minimum Gasteiger partial charge on any atom is -0.271 e. The molecule has 0 aliphatic rings. The number of benzene rings is 2. The summed E-state index contributed by atoms with van der Waals surface area (Å²) in [6.45, 7) is 0. The van der Waals surface area contributed by atoms with Crippen LogP contribution >= 0.6 is 34.8 Å². The summed E-state index contributed by atoms with van der Waals surface area (Å²) >= 11 is 18.0. The molecule has 1 atom stereocenters. The van der Waals surface area contributed by atoms with E-state index in [2.05, 4.69) is 5.43 Å². The van der Waals surface area contributed by atoms with Crippen molar-refractivity contribution in [1.82, 2.24) is 5.43 Å². The fourth-order valence-corrected chi connectivity index (χ4v) is 2.70. The summed E-state index contributed by atoms with van der Waals surface area (Å²) in [4.78, 5) is 0. The highest BCUT2D eigenvalue weighted by molar-refractivity contribution is 6.35. The van der Waals surface area contributed by atoms with Gasteiger partial charge in [-0.2, -0.15) is 0 Å². The second-order valence-electron chi connectivity index (χ2n) is 4.30. The molecule has 0 radical (unpaired) electrons. The van der Waals surface area contributed by atoms with E-state index < -0.39 is 5.82 Å². The lowest BCUT2D eigenvalue weighted by molar-refractivity contribution is 0.545. The van der Waals surface area contributed by atoms with Gasteiger partial charge >= 0.3 is 0 Å². The average Bonchev–Trinajstić information content (AvgIpc) is 2.42. The monoisotopic (exact) mass is 332 g/mol. The Balaban J connectivity index is 2.31. The van der Waals surface area contributed by atoms with Crippen molar-refractivity contribution in [3.05, 3.63) is 68.4 Å². The molecular formula is C14H12Cl3FN2. The SMILES string of the molecule is NNC(Cc1ccc(Cl)cc1Cl)c1cccc(F)c1Cl. The van der Waals surface area contributed by atoms with E-state index in [4.69, 9.17) is 40.6 Å². The topological polar surface area (TPSA) is 38.0 Å². The molecule has 0 spiro atoms. The molecule has 0 amide bonds. The van der Waals surface area contributed by atoms with E-state index in [1.54, 1.807) is 24.3 Å². The van der Waals surface area contributed by atoms with E-state index in [-0.39, 0.29) is 11.1 Å². The fourth-order valence-electron chi connectivity index (χ4n) is 1.96. The van der Waals surface area contributed by atoms with E-state index in [9.17, 15) is 4.39 Å². The van der Waals surface area contributed by atoms with Gasteiger partial charge in [0.15, 0.2) is 0 Å². The van der Waals surface area contributed by atoms with Crippen LogP contribution in [0.1, 0.15) is 17.2 Å². The first-order valence-electron chi connectivity index (χ1n) is 5.87. The molecule has 20 heavy (non-hydrogen) atoms. The molecular weight excluding hydrogens is 322 g/mol. The average molecular weight is 334 g/mol. The Hall–Kier alpha value is -0.840. The highest BCUT2D eigenvalue weighted by Crippen LogP contribution is 2.30. The van der Waals surface area contributed by atoms with Gasteiger partial charge in [-0.25, -0.2) is 4.39 Å². The van der Waals surface area contributed by atoms with Gasteiger partial charge in [0.25, 0.3) is 0 Å². The largest absolute Gasteiger partial charge is 0.271 e. The summed E-state index contributed by atoms with van der Waals surface area (Å²) in [5, 5.41) is 1.14. The molecule has 106 valence electrons. The highest BCUT2D eigenvalue weighted by atomic mass is 35.5. The van der Waals surface area contributed by atoms with Crippen LogP contribution < -0.4 is 11.3 Å². The quantitative estimate of drug-likeness (QED) is 0.637. The van der Waals surface area contributed by atoms with Crippen molar-refractivity contribution in [3.63, 3.8) is 0 Å². The van der Waals surface area contributed by atoms with E-state index >= 15 is 0 Å². The standard InChI is InChI=1S/C14H12Cl3FN2/c15-9-5-4-8(11(16)7-9)6-13(20-19)10-2-1-3-12(18)14(10)17/h1-5,7,13,20H,6,19H2. The van der Waals surface area contributed by atoms with Crippen molar-refractivity contribution >= 4 is 34.8 Å². The summed E-state index contributed by atoms with van der Waals surface area (Å²) in [5.74, 6) is 5.07. The van der Waals surface area contributed by atoms with Crippen molar-refractivity contribution in [3.8, 4) is 0 Å². The first kappa shape index (κ1) is 15.5. The maximum Gasteiger partial charge on any atom is 0.142 e. The van der Waals surface area contributed by atoms with Gasteiger partial charge in [0.05, 0.1) is 11.1 Å². The smallest absolute Gasteiger partial charge is 0.142 e. The summed E-state index contributed by atoms with van der Waals surface area (Å²) in [7, 11) is 0. The molecule has 2 nitrogen and oxygen atoms in total. The highest BCUT2D eigenvalue weighted by Gasteiger charge is 2.17. The number of nitrogens with one attached hydrogen (secondary N) is 1. The van der Waals surface area contributed by atoms with Crippen LogP contribution in [0.3, 0.4) is 0 Å². The van der Waals surface area contributed by atoms with Gasteiger partial charge in [0.1, 0.15) is 5.82 Å². The predicted molar refractivity (Wildman–Crippen MR) is 81.6 cm³/mol.